The minimum absolute atomic E-state index is 0.262. The van der Waals surface area contributed by atoms with Crippen LogP contribution >= 0.6 is 0 Å². The van der Waals surface area contributed by atoms with Gasteiger partial charge in [0.15, 0.2) is 0 Å². The quantitative estimate of drug-likeness (QED) is 0.752. The molecule has 1 aliphatic rings. The number of hydrogen-bond acceptors (Lipinski definition) is 5. The lowest BCUT2D eigenvalue weighted by Crippen LogP contribution is -2.19. The van der Waals surface area contributed by atoms with Gasteiger partial charge in [0.25, 0.3) is 0 Å². The molecule has 82 valence electrons. The van der Waals surface area contributed by atoms with Crippen molar-refractivity contribution < 1.29 is 9.53 Å². The number of aliphatic imine (C=N–C) groups is 1. The molecule has 1 unspecified atom stereocenters. The molecule has 5 heteroatoms. The van der Waals surface area contributed by atoms with E-state index in [9.17, 15) is 4.79 Å². The second kappa shape index (κ2) is 4.57. The van der Waals surface area contributed by atoms with Crippen molar-refractivity contribution in [1.29, 1.82) is 0 Å². The predicted molar refractivity (Wildman–Crippen MR) is 59.1 cm³/mol. The van der Waals surface area contributed by atoms with Crippen molar-refractivity contribution in [2.45, 2.75) is 6.17 Å². The number of methoxy groups -OCH3 is 1. The summed E-state index contributed by atoms with van der Waals surface area (Å²) >= 11 is 0. The highest BCUT2D eigenvalue weighted by Crippen LogP contribution is 2.20. The zero-order chi connectivity index (χ0) is 11.4. The van der Waals surface area contributed by atoms with Crippen LogP contribution in [0.25, 0.3) is 0 Å². The molecule has 16 heavy (non-hydrogen) atoms. The average molecular weight is 217 g/mol. The van der Waals surface area contributed by atoms with Crippen LogP contribution in [0, 0.1) is 0 Å². The van der Waals surface area contributed by atoms with Gasteiger partial charge in [-0.05, 0) is 18.3 Å². The van der Waals surface area contributed by atoms with Gasteiger partial charge >= 0.3 is 5.97 Å². The molecule has 1 atom stereocenters. The van der Waals surface area contributed by atoms with Gasteiger partial charge in [-0.15, -0.1) is 0 Å². The van der Waals surface area contributed by atoms with E-state index in [0.717, 1.165) is 5.56 Å². The standard InChI is InChI=1S/C11H11N3O2/c1-16-11(15)9-7-12-6-3-8(9)10-13-4-2-5-14-10/h2-7,10,13H,1H3. The van der Waals surface area contributed by atoms with Gasteiger partial charge in [0.2, 0.25) is 0 Å². The SMILES string of the molecule is COC(=O)c1cnccc1C1N=CC=CN1. The molecule has 0 amide bonds. The Labute approximate surface area is 92.9 Å². The molecule has 0 saturated carbocycles. The summed E-state index contributed by atoms with van der Waals surface area (Å²) < 4.78 is 4.69. The first kappa shape index (κ1) is 10.4. The highest BCUT2D eigenvalue weighted by molar-refractivity contribution is 5.91. The molecule has 2 heterocycles. The molecule has 1 N–H and O–H groups in total. The number of hydrogen-bond donors (Lipinski definition) is 1. The van der Waals surface area contributed by atoms with Crippen LogP contribution < -0.4 is 5.32 Å². The molecule has 0 fully saturated rings. The van der Waals surface area contributed by atoms with Gasteiger partial charge in [0, 0.05) is 24.2 Å². The molecular formula is C11H11N3O2. The van der Waals surface area contributed by atoms with Crippen LogP contribution in [0.3, 0.4) is 0 Å². The largest absolute Gasteiger partial charge is 0.465 e. The van der Waals surface area contributed by atoms with Crippen molar-refractivity contribution in [3.05, 3.63) is 41.9 Å². The van der Waals surface area contributed by atoms with Crippen molar-refractivity contribution in [2.75, 3.05) is 7.11 Å². The molecule has 0 radical (unpaired) electrons. The first-order chi connectivity index (χ1) is 7.83. The van der Waals surface area contributed by atoms with Crippen LogP contribution in [-0.4, -0.2) is 24.3 Å². The predicted octanol–water partition coefficient (Wildman–Crippen LogP) is 1.05. The van der Waals surface area contributed by atoms with Crippen LogP contribution in [0.15, 0.2) is 35.7 Å². The van der Waals surface area contributed by atoms with Gasteiger partial charge in [-0.3, -0.25) is 9.98 Å². The van der Waals surface area contributed by atoms with Gasteiger partial charge in [-0.2, -0.15) is 0 Å². The molecule has 5 nitrogen and oxygen atoms in total. The third-order valence-electron chi connectivity index (χ3n) is 2.23. The summed E-state index contributed by atoms with van der Waals surface area (Å²) in [4.78, 5) is 19.6. The third-order valence-corrected chi connectivity index (χ3v) is 2.23. The molecule has 0 saturated heterocycles. The van der Waals surface area contributed by atoms with E-state index in [4.69, 9.17) is 4.74 Å². The summed E-state index contributed by atoms with van der Waals surface area (Å²) in [6.45, 7) is 0. The first-order valence-electron chi connectivity index (χ1n) is 4.79. The van der Waals surface area contributed by atoms with E-state index in [0.29, 0.717) is 5.56 Å². The Morgan fingerprint density at radius 2 is 2.44 bits per heavy atom. The maximum atomic E-state index is 11.5. The summed E-state index contributed by atoms with van der Waals surface area (Å²) in [7, 11) is 1.34. The molecule has 0 spiro atoms. The number of allylic oxidation sites excluding steroid dienone is 1. The van der Waals surface area contributed by atoms with Crippen molar-refractivity contribution in [1.82, 2.24) is 10.3 Å². The van der Waals surface area contributed by atoms with Crippen LogP contribution in [-0.2, 0) is 4.74 Å². The second-order valence-corrected chi connectivity index (χ2v) is 3.18. The van der Waals surface area contributed by atoms with E-state index in [-0.39, 0.29) is 6.17 Å². The van der Waals surface area contributed by atoms with Crippen LogP contribution in [0.4, 0.5) is 0 Å². The first-order valence-corrected chi connectivity index (χ1v) is 4.79. The van der Waals surface area contributed by atoms with E-state index in [1.165, 1.54) is 13.3 Å². The number of pyridine rings is 1. The average Bonchev–Trinajstić information content (AvgIpc) is 2.39. The monoisotopic (exact) mass is 217 g/mol. The highest BCUT2D eigenvalue weighted by atomic mass is 16.5. The Balaban J connectivity index is 2.36. The maximum absolute atomic E-state index is 11.5. The zero-order valence-electron chi connectivity index (χ0n) is 8.75. The van der Waals surface area contributed by atoms with E-state index < -0.39 is 5.97 Å². The smallest absolute Gasteiger partial charge is 0.339 e. The van der Waals surface area contributed by atoms with Gasteiger partial charge in [-0.1, -0.05) is 0 Å². The summed E-state index contributed by atoms with van der Waals surface area (Å²) in [5, 5.41) is 3.04. The number of aromatic nitrogens is 1. The van der Waals surface area contributed by atoms with Crippen molar-refractivity contribution in [3.63, 3.8) is 0 Å². The van der Waals surface area contributed by atoms with E-state index in [1.807, 2.05) is 0 Å². The summed E-state index contributed by atoms with van der Waals surface area (Å²) in [6, 6.07) is 1.75. The van der Waals surface area contributed by atoms with E-state index >= 15 is 0 Å². The van der Waals surface area contributed by atoms with Gasteiger partial charge in [0.05, 0.1) is 12.7 Å². The van der Waals surface area contributed by atoms with Crippen LogP contribution in [0.1, 0.15) is 22.1 Å². The number of nitrogens with one attached hydrogen (secondary N) is 1. The number of rotatable bonds is 2. The van der Waals surface area contributed by atoms with Crippen molar-refractivity contribution >= 4 is 12.2 Å². The van der Waals surface area contributed by atoms with E-state index in [2.05, 4.69) is 15.3 Å². The molecular weight excluding hydrogens is 206 g/mol. The number of esters is 1. The Bertz CT molecular complexity index is 454. The zero-order valence-corrected chi connectivity index (χ0v) is 8.75. The number of ether oxygens (including phenoxy) is 1. The molecule has 0 bridgehead atoms. The lowest BCUT2D eigenvalue weighted by molar-refractivity contribution is 0.0598. The normalized spacial score (nSPS) is 17.9. The third kappa shape index (κ3) is 1.93. The Morgan fingerprint density at radius 3 is 3.12 bits per heavy atom. The molecule has 0 aliphatic carbocycles. The molecule has 1 aromatic heterocycles. The fourth-order valence-electron chi connectivity index (χ4n) is 1.46. The second-order valence-electron chi connectivity index (χ2n) is 3.18. The maximum Gasteiger partial charge on any atom is 0.339 e. The number of carbonyl (C=O) groups excluding carboxylic acids is 1. The minimum Gasteiger partial charge on any atom is -0.465 e. The van der Waals surface area contributed by atoms with Crippen LogP contribution in [0.2, 0.25) is 0 Å². The van der Waals surface area contributed by atoms with Gasteiger partial charge in [0.1, 0.15) is 6.17 Å². The van der Waals surface area contributed by atoms with Crippen LogP contribution in [0.5, 0.6) is 0 Å². The number of carbonyl (C=O) groups is 1. The van der Waals surface area contributed by atoms with Crippen molar-refractivity contribution in [3.8, 4) is 0 Å². The Kier molecular flexibility index (Phi) is 2.95. The molecule has 2 rings (SSSR count). The van der Waals surface area contributed by atoms with E-state index in [1.54, 1.807) is 30.8 Å². The minimum atomic E-state index is -0.408. The summed E-state index contributed by atoms with van der Waals surface area (Å²) in [5.74, 6) is -0.408. The lowest BCUT2D eigenvalue weighted by atomic mass is 10.1. The van der Waals surface area contributed by atoms with Gasteiger partial charge < -0.3 is 10.1 Å². The van der Waals surface area contributed by atoms with Crippen molar-refractivity contribution in [2.24, 2.45) is 4.99 Å². The van der Waals surface area contributed by atoms with Gasteiger partial charge in [-0.25, -0.2) is 4.79 Å². The highest BCUT2D eigenvalue weighted by Gasteiger charge is 2.18. The lowest BCUT2D eigenvalue weighted by Gasteiger charge is -2.17. The number of nitrogens with zero attached hydrogens (tertiary/aromatic N) is 2. The summed E-state index contributed by atoms with van der Waals surface area (Å²) in [5.41, 5.74) is 1.18. The molecule has 1 aliphatic heterocycles. The fraction of sp³-hybridized carbons (Fsp3) is 0.182. The molecule has 0 aromatic carbocycles. The summed E-state index contributed by atoms with van der Waals surface area (Å²) in [6.07, 6.45) is 8.09. The fourth-order valence-corrected chi connectivity index (χ4v) is 1.46. The Hall–Kier alpha value is -2.17. The molecule has 1 aromatic rings. The topological polar surface area (TPSA) is 63.6 Å². The Morgan fingerprint density at radius 1 is 1.56 bits per heavy atom.